The monoisotopic (exact) mass is 533 g/mol. The van der Waals surface area contributed by atoms with E-state index in [1.807, 2.05) is 6.07 Å². The number of ether oxygens (including phenoxy) is 1. The van der Waals surface area contributed by atoms with E-state index in [-0.39, 0.29) is 28.0 Å². The van der Waals surface area contributed by atoms with E-state index in [2.05, 4.69) is 14.7 Å². The Morgan fingerprint density at radius 1 is 0.973 bits per heavy atom. The summed E-state index contributed by atoms with van der Waals surface area (Å²) in [6, 6.07) is 21.4. The van der Waals surface area contributed by atoms with Gasteiger partial charge >= 0.3 is 0 Å². The topological polar surface area (TPSA) is 129 Å². The first-order valence-corrected chi connectivity index (χ1v) is 12.8. The van der Waals surface area contributed by atoms with Gasteiger partial charge in [-0.05, 0) is 60.2 Å². The van der Waals surface area contributed by atoms with Gasteiger partial charge in [-0.1, -0.05) is 35.9 Å². The zero-order chi connectivity index (χ0) is 26.2. The summed E-state index contributed by atoms with van der Waals surface area (Å²) in [5.41, 5.74) is 8.09. The minimum atomic E-state index is -3.95. The molecule has 5 aromatic rings. The summed E-state index contributed by atoms with van der Waals surface area (Å²) in [4.78, 5) is 22.0. The molecule has 0 radical (unpaired) electrons. The lowest BCUT2D eigenvalue weighted by atomic mass is 10.0. The first-order chi connectivity index (χ1) is 17.8. The van der Waals surface area contributed by atoms with Crippen molar-refractivity contribution in [2.24, 2.45) is 0 Å². The van der Waals surface area contributed by atoms with E-state index in [0.717, 1.165) is 0 Å². The highest BCUT2D eigenvalue weighted by Gasteiger charge is 2.19. The second-order valence-corrected chi connectivity index (χ2v) is 10.1. The number of para-hydroxylation sites is 1. The van der Waals surface area contributed by atoms with Crippen LogP contribution in [0.2, 0.25) is 5.02 Å². The standard InChI is InChI=1S/C26H20ClN5O4S/c1-36-24-23(31-37(34,35)20-10-8-18(27)9-11-20)14-17(15-29-24)16-7-12-22-21(13-16)25(33)32(26(28)30-22)19-5-3-2-4-6-19/h2-15,31H,1H3,(H2,28,30). The van der Waals surface area contributed by atoms with Gasteiger partial charge in [-0.2, -0.15) is 0 Å². The summed E-state index contributed by atoms with van der Waals surface area (Å²) in [7, 11) is -2.56. The number of nitrogens with one attached hydrogen (secondary N) is 1. The van der Waals surface area contributed by atoms with Crippen molar-refractivity contribution in [3.8, 4) is 22.7 Å². The van der Waals surface area contributed by atoms with E-state index in [9.17, 15) is 13.2 Å². The Morgan fingerprint density at radius 2 is 1.70 bits per heavy atom. The fourth-order valence-electron chi connectivity index (χ4n) is 3.87. The molecule has 186 valence electrons. The summed E-state index contributed by atoms with van der Waals surface area (Å²) in [6.45, 7) is 0. The average molecular weight is 534 g/mol. The minimum absolute atomic E-state index is 0.0280. The van der Waals surface area contributed by atoms with Crippen LogP contribution >= 0.6 is 11.6 Å². The Kier molecular flexibility index (Phi) is 6.28. The van der Waals surface area contributed by atoms with Crippen LogP contribution in [0.5, 0.6) is 5.88 Å². The molecule has 3 N–H and O–H groups in total. The first-order valence-electron chi connectivity index (χ1n) is 11.0. The molecule has 0 aliphatic rings. The van der Waals surface area contributed by atoms with Crippen LogP contribution in [0.4, 0.5) is 11.6 Å². The number of nitrogens with zero attached hydrogens (tertiary/aromatic N) is 3. The van der Waals surface area contributed by atoms with Crippen LogP contribution in [0.15, 0.2) is 94.7 Å². The van der Waals surface area contributed by atoms with E-state index in [1.165, 1.54) is 42.1 Å². The number of nitrogen functional groups attached to an aromatic ring is 1. The van der Waals surface area contributed by atoms with Crippen LogP contribution in [-0.4, -0.2) is 30.1 Å². The number of hydrogen-bond donors (Lipinski definition) is 2. The number of nitrogens with two attached hydrogens (primary N) is 1. The number of aromatic nitrogens is 3. The van der Waals surface area contributed by atoms with Gasteiger partial charge in [0.1, 0.15) is 5.69 Å². The number of pyridine rings is 1. The van der Waals surface area contributed by atoms with E-state index in [1.54, 1.807) is 48.5 Å². The molecule has 0 amide bonds. The van der Waals surface area contributed by atoms with Crippen LogP contribution < -0.4 is 20.8 Å². The maximum Gasteiger partial charge on any atom is 0.267 e. The maximum atomic E-state index is 13.4. The number of rotatable bonds is 6. The molecule has 0 fully saturated rings. The molecule has 5 rings (SSSR count). The van der Waals surface area contributed by atoms with Gasteiger partial charge in [0.05, 0.1) is 28.6 Å². The number of methoxy groups -OCH3 is 1. The number of anilines is 2. The van der Waals surface area contributed by atoms with E-state index < -0.39 is 10.0 Å². The summed E-state index contributed by atoms with van der Waals surface area (Å²) in [5.74, 6) is 0.157. The largest absolute Gasteiger partial charge is 0.480 e. The molecule has 37 heavy (non-hydrogen) atoms. The van der Waals surface area contributed by atoms with Crippen molar-refractivity contribution in [3.63, 3.8) is 0 Å². The van der Waals surface area contributed by atoms with Crippen molar-refractivity contribution in [2.75, 3.05) is 17.6 Å². The Hall–Kier alpha value is -4.41. The third kappa shape index (κ3) is 4.72. The molecule has 0 saturated heterocycles. The van der Waals surface area contributed by atoms with Crippen LogP contribution in [-0.2, 0) is 10.0 Å². The second kappa shape index (κ2) is 9.57. The minimum Gasteiger partial charge on any atom is -0.480 e. The number of hydrogen-bond acceptors (Lipinski definition) is 7. The van der Waals surface area contributed by atoms with Crippen molar-refractivity contribution in [2.45, 2.75) is 4.90 Å². The van der Waals surface area contributed by atoms with Gasteiger partial charge in [-0.3, -0.25) is 9.52 Å². The van der Waals surface area contributed by atoms with Crippen molar-refractivity contribution >= 4 is 44.2 Å². The summed E-state index contributed by atoms with van der Waals surface area (Å²) in [6.07, 6.45) is 1.53. The molecular weight excluding hydrogens is 514 g/mol. The highest BCUT2D eigenvalue weighted by atomic mass is 35.5. The molecule has 2 aromatic heterocycles. The quantitative estimate of drug-likeness (QED) is 0.329. The summed E-state index contributed by atoms with van der Waals surface area (Å²) >= 11 is 5.88. The van der Waals surface area contributed by atoms with E-state index in [0.29, 0.717) is 32.7 Å². The van der Waals surface area contributed by atoms with Gasteiger partial charge in [-0.25, -0.2) is 23.0 Å². The van der Waals surface area contributed by atoms with Gasteiger partial charge < -0.3 is 10.5 Å². The molecule has 0 aliphatic carbocycles. The Labute approximate surface area is 217 Å². The average Bonchev–Trinajstić information content (AvgIpc) is 2.89. The van der Waals surface area contributed by atoms with Gasteiger partial charge in [0.15, 0.2) is 0 Å². The predicted octanol–water partition coefficient (Wildman–Crippen LogP) is 4.49. The van der Waals surface area contributed by atoms with Gasteiger partial charge in [0, 0.05) is 16.8 Å². The zero-order valence-corrected chi connectivity index (χ0v) is 21.0. The molecule has 0 unspecified atom stereocenters. The van der Waals surface area contributed by atoms with Gasteiger partial charge in [-0.15, -0.1) is 0 Å². The third-order valence-corrected chi connectivity index (χ3v) is 7.29. The van der Waals surface area contributed by atoms with Crippen LogP contribution in [0.25, 0.3) is 27.7 Å². The zero-order valence-electron chi connectivity index (χ0n) is 19.4. The molecular formula is C26H20ClN5O4S. The lowest BCUT2D eigenvalue weighted by Gasteiger charge is -2.14. The third-order valence-electron chi connectivity index (χ3n) is 5.65. The van der Waals surface area contributed by atoms with Crippen LogP contribution in [0.1, 0.15) is 0 Å². The summed E-state index contributed by atoms with van der Waals surface area (Å²) in [5, 5.41) is 0.758. The fourth-order valence-corrected chi connectivity index (χ4v) is 5.05. The fraction of sp³-hybridized carbons (Fsp3) is 0.0385. The summed E-state index contributed by atoms with van der Waals surface area (Å²) < 4.78 is 35.0. The maximum absolute atomic E-state index is 13.4. The van der Waals surface area contributed by atoms with Crippen molar-refractivity contribution in [1.82, 2.24) is 14.5 Å². The molecule has 3 aromatic carbocycles. The highest BCUT2D eigenvalue weighted by molar-refractivity contribution is 7.92. The predicted molar refractivity (Wildman–Crippen MR) is 144 cm³/mol. The SMILES string of the molecule is COc1ncc(-c2ccc3nc(N)n(-c4ccccc4)c(=O)c3c2)cc1NS(=O)(=O)c1ccc(Cl)cc1. The number of fused-ring (bicyclic) bond motifs is 1. The molecule has 0 aliphatic heterocycles. The lowest BCUT2D eigenvalue weighted by molar-refractivity contribution is 0.400. The van der Waals surface area contributed by atoms with Crippen LogP contribution in [0, 0.1) is 0 Å². The molecule has 2 heterocycles. The second-order valence-electron chi connectivity index (χ2n) is 8.02. The Balaban J connectivity index is 1.59. The Morgan fingerprint density at radius 3 is 2.41 bits per heavy atom. The van der Waals surface area contributed by atoms with Crippen LogP contribution in [0.3, 0.4) is 0 Å². The Bertz CT molecular complexity index is 1790. The number of halogens is 1. The highest BCUT2D eigenvalue weighted by Crippen LogP contribution is 2.31. The lowest BCUT2D eigenvalue weighted by Crippen LogP contribution is -2.23. The molecule has 0 spiro atoms. The van der Waals surface area contributed by atoms with Gasteiger partial charge in [0.25, 0.3) is 15.6 Å². The smallest absolute Gasteiger partial charge is 0.267 e. The normalized spacial score (nSPS) is 11.4. The molecule has 9 nitrogen and oxygen atoms in total. The van der Waals surface area contributed by atoms with Crippen molar-refractivity contribution in [3.05, 3.63) is 100 Å². The van der Waals surface area contributed by atoms with Gasteiger partial charge in [0.2, 0.25) is 11.8 Å². The first kappa shape index (κ1) is 24.3. The molecule has 0 saturated carbocycles. The number of benzene rings is 3. The molecule has 0 bridgehead atoms. The van der Waals surface area contributed by atoms with Crippen molar-refractivity contribution < 1.29 is 13.2 Å². The molecule has 11 heteroatoms. The van der Waals surface area contributed by atoms with E-state index in [4.69, 9.17) is 22.1 Å². The van der Waals surface area contributed by atoms with E-state index >= 15 is 0 Å². The van der Waals surface area contributed by atoms with Crippen molar-refractivity contribution in [1.29, 1.82) is 0 Å². The number of sulfonamides is 1. The molecule has 0 atom stereocenters.